The molecule has 1 aliphatic rings. The number of rotatable bonds is 11. The number of aliphatic hydroxyl groups is 1. The third-order valence-corrected chi connectivity index (χ3v) is 7.44. The number of aromatic carboxylic acids is 1. The fourth-order valence-electron chi connectivity index (χ4n) is 4.17. The maximum atomic E-state index is 12.1. The lowest BCUT2D eigenvalue weighted by molar-refractivity contribution is -0.245. The average molecular weight is 581 g/mol. The van der Waals surface area contributed by atoms with Crippen molar-refractivity contribution in [1.29, 1.82) is 0 Å². The van der Waals surface area contributed by atoms with Gasteiger partial charge < -0.3 is 35.1 Å². The highest BCUT2D eigenvalue weighted by molar-refractivity contribution is 7.99. The molecule has 1 heterocycles. The molecule has 0 spiro atoms. The zero-order valence-corrected chi connectivity index (χ0v) is 23.3. The number of carbonyl (C=O) groups excluding carboxylic acids is 2. The molecule has 3 atom stereocenters. The number of hydrogen-bond donors (Lipinski definition) is 4. The van der Waals surface area contributed by atoms with Gasteiger partial charge in [-0.15, -0.1) is 11.8 Å². The summed E-state index contributed by atoms with van der Waals surface area (Å²) < 4.78 is 17.5. The highest BCUT2D eigenvalue weighted by Gasteiger charge is 2.32. The third kappa shape index (κ3) is 8.79. The SMILES string of the molecule is CCOC(=O)CNC(=O)Nc1ccc(C2OC(CSc3ccc(C(=O)O)cc3)CC(c3ccc(CO)cc3)O2)cc1. The first kappa shape index (κ1) is 30.1. The molecule has 1 saturated heterocycles. The minimum atomic E-state index is -0.967. The van der Waals surface area contributed by atoms with E-state index in [1.165, 1.54) is 0 Å². The van der Waals surface area contributed by atoms with Crippen LogP contribution in [-0.4, -0.2) is 53.2 Å². The van der Waals surface area contributed by atoms with E-state index in [0.29, 0.717) is 17.9 Å². The Bertz CT molecular complexity index is 1320. The van der Waals surface area contributed by atoms with Crippen LogP contribution in [0.4, 0.5) is 10.5 Å². The van der Waals surface area contributed by atoms with Gasteiger partial charge in [-0.05, 0) is 54.4 Å². The number of hydrogen-bond acceptors (Lipinski definition) is 8. The molecule has 2 amide bonds. The molecule has 10 nitrogen and oxygen atoms in total. The van der Waals surface area contributed by atoms with Gasteiger partial charge in [0, 0.05) is 28.3 Å². The summed E-state index contributed by atoms with van der Waals surface area (Å²) in [5.74, 6) is -0.863. The number of anilines is 1. The molecule has 3 unspecified atom stereocenters. The third-order valence-electron chi connectivity index (χ3n) is 6.29. The number of esters is 1. The number of carbonyl (C=O) groups is 3. The summed E-state index contributed by atoms with van der Waals surface area (Å²) in [6.07, 6.45) is -0.493. The predicted molar refractivity (Wildman–Crippen MR) is 153 cm³/mol. The van der Waals surface area contributed by atoms with E-state index in [4.69, 9.17) is 19.3 Å². The van der Waals surface area contributed by atoms with Gasteiger partial charge in [-0.2, -0.15) is 0 Å². The Hall–Kier alpha value is -3.90. The van der Waals surface area contributed by atoms with Crippen molar-refractivity contribution in [2.45, 2.75) is 43.3 Å². The zero-order valence-electron chi connectivity index (χ0n) is 22.4. The lowest BCUT2D eigenvalue weighted by Crippen LogP contribution is -2.34. The van der Waals surface area contributed by atoms with Crippen LogP contribution in [-0.2, 0) is 25.6 Å². The molecule has 11 heteroatoms. The van der Waals surface area contributed by atoms with Crippen LogP contribution in [0.5, 0.6) is 0 Å². The summed E-state index contributed by atoms with van der Waals surface area (Å²) >= 11 is 1.57. The molecule has 1 fully saturated rings. The van der Waals surface area contributed by atoms with Crippen molar-refractivity contribution in [3.63, 3.8) is 0 Å². The molecule has 1 aliphatic heterocycles. The average Bonchev–Trinajstić information content (AvgIpc) is 2.99. The maximum Gasteiger partial charge on any atom is 0.335 e. The quantitative estimate of drug-likeness (QED) is 0.184. The Morgan fingerprint density at radius 3 is 2.27 bits per heavy atom. The molecule has 216 valence electrons. The Labute approximate surface area is 242 Å². The molecule has 0 saturated carbocycles. The van der Waals surface area contributed by atoms with Crippen LogP contribution >= 0.6 is 11.8 Å². The van der Waals surface area contributed by atoms with Gasteiger partial charge in [0.2, 0.25) is 0 Å². The molecule has 0 radical (unpaired) electrons. The van der Waals surface area contributed by atoms with Crippen LogP contribution in [0.25, 0.3) is 0 Å². The van der Waals surface area contributed by atoms with E-state index in [1.807, 2.05) is 24.3 Å². The molecule has 4 N–H and O–H groups in total. The summed E-state index contributed by atoms with van der Waals surface area (Å²) in [7, 11) is 0. The minimum absolute atomic E-state index is 0.0430. The van der Waals surface area contributed by atoms with Crippen molar-refractivity contribution in [3.8, 4) is 0 Å². The van der Waals surface area contributed by atoms with E-state index >= 15 is 0 Å². The van der Waals surface area contributed by atoms with E-state index in [9.17, 15) is 19.5 Å². The van der Waals surface area contributed by atoms with Crippen molar-refractivity contribution in [3.05, 3.63) is 95.1 Å². The highest BCUT2D eigenvalue weighted by atomic mass is 32.2. The van der Waals surface area contributed by atoms with Gasteiger partial charge in [0.1, 0.15) is 6.54 Å². The van der Waals surface area contributed by atoms with E-state index in [1.54, 1.807) is 67.2 Å². The fourth-order valence-corrected chi connectivity index (χ4v) is 5.09. The lowest BCUT2D eigenvalue weighted by atomic mass is 10.0. The van der Waals surface area contributed by atoms with Gasteiger partial charge in [-0.25, -0.2) is 9.59 Å². The van der Waals surface area contributed by atoms with Crippen LogP contribution in [0.1, 0.15) is 52.8 Å². The first-order chi connectivity index (χ1) is 19.8. The number of thioether (sulfide) groups is 1. The van der Waals surface area contributed by atoms with Crippen LogP contribution in [0, 0.1) is 0 Å². The van der Waals surface area contributed by atoms with Gasteiger partial charge in [-0.3, -0.25) is 4.79 Å². The number of aliphatic hydroxyl groups excluding tert-OH is 1. The highest BCUT2D eigenvalue weighted by Crippen LogP contribution is 2.39. The number of urea groups is 1. The smallest absolute Gasteiger partial charge is 0.335 e. The van der Waals surface area contributed by atoms with Crippen LogP contribution in [0.2, 0.25) is 0 Å². The Morgan fingerprint density at radius 1 is 0.951 bits per heavy atom. The zero-order chi connectivity index (χ0) is 29.2. The fraction of sp³-hybridized carbons (Fsp3) is 0.300. The van der Waals surface area contributed by atoms with Gasteiger partial charge >= 0.3 is 18.0 Å². The van der Waals surface area contributed by atoms with E-state index < -0.39 is 24.3 Å². The second kappa shape index (κ2) is 14.6. The molecule has 3 aromatic carbocycles. The summed E-state index contributed by atoms with van der Waals surface area (Å²) in [6.45, 7) is 1.66. The lowest BCUT2D eigenvalue weighted by Gasteiger charge is -2.36. The monoisotopic (exact) mass is 580 g/mol. The Balaban J connectivity index is 1.43. The molecule has 41 heavy (non-hydrogen) atoms. The second-order valence-corrected chi connectivity index (χ2v) is 10.3. The summed E-state index contributed by atoms with van der Waals surface area (Å²) in [5, 5.41) is 23.7. The molecular weight excluding hydrogens is 548 g/mol. The molecule has 0 aromatic heterocycles. The van der Waals surface area contributed by atoms with Crippen molar-refractivity contribution >= 4 is 35.4 Å². The van der Waals surface area contributed by atoms with Crippen molar-refractivity contribution in [1.82, 2.24) is 5.32 Å². The number of carboxylic acid groups (broad SMARTS) is 1. The number of benzene rings is 3. The van der Waals surface area contributed by atoms with Crippen LogP contribution in [0.3, 0.4) is 0 Å². The van der Waals surface area contributed by atoms with Crippen LogP contribution in [0.15, 0.2) is 77.7 Å². The number of amides is 2. The molecule has 4 rings (SSSR count). The molecule has 0 bridgehead atoms. The normalized spacial score (nSPS) is 18.3. The first-order valence-corrected chi connectivity index (χ1v) is 14.1. The van der Waals surface area contributed by atoms with Crippen molar-refractivity contribution in [2.24, 2.45) is 0 Å². The number of nitrogens with one attached hydrogen (secondary N) is 2. The standard InChI is InChI=1S/C30H32N2O8S/c1-2-38-27(34)16-31-30(37)32-23-11-7-22(8-12-23)29-39-24(18-41-25-13-9-21(10-14-25)28(35)36)15-26(40-29)20-5-3-19(17-33)4-6-20/h3-14,24,26,29,33H,2,15-18H2,1H3,(H,35,36)(H2,31,32,37). The first-order valence-electron chi connectivity index (χ1n) is 13.1. The van der Waals surface area contributed by atoms with Crippen LogP contribution < -0.4 is 10.6 Å². The van der Waals surface area contributed by atoms with Gasteiger partial charge in [0.25, 0.3) is 0 Å². The van der Waals surface area contributed by atoms with Gasteiger partial charge in [0.05, 0.1) is 31.0 Å². The summed E-state index contributed by atoms with van der Waals surface area (Å²) in [5.41, 5.74) is 3.30. The van der Waals surface area contributed by atoms with Crippen molar-refractivity contribution in [2.75, 3.05) is 24.2 Å². The predicted octanol–water partition coefficient (Wildman–Crippen LogP) is 4.90. The van der Waals surface area contributed by atoms with Gasteiger partial charge in [0.15, 0.2) is 6.29 Å². The largest absolute Gasteiger partial charge is 0.478 e. The topological polar surface area (TPSA) is 143 Å². The summed E-state index contributed by atoms with van der Waals surface area (Å²) in [6, 6.07) is 20.9. The number of carboxylic acids is 1. The number of ether oxygens (including phenoxy) is 3. The van der Waals surface area contributed by atoms with E-state index in [0.717, 1.165) is 21.6 Å². The molecule has 3 aromatic rings. The van der Waals surface area contributed by atoms with E-state index in [-0.39, 0.29) is 37.5 Å². The molecule has 0 aliphatic carbocycles. The van der Waals surface area contributed by atoms with Gasteiger partial charge in [-0.1, -0.05) is 36.4 Å². The van der Waals surface area contributed by atoms with Crippen molar-refractivity contribution < 1.29 is 38.8 Å². The maximum absolute atomic E-state index is 12.1. The second-order valence-electron chi connectivity index (χ2n) is 9.23. The Kier molecular flexibility index (Phi) is 10.7. The summed E-state index contributed by atoms with van der Waals surface area (Å²) in [4.78, 5) is 35.6. The Morgan fingerprint density at radius 2 is 1.63 bits per heavy atom. The minimum Gasteiger partial charge on any atom is -0.478 e. The molecular formula is C30H32N2O8S. The van der Waals surface area contributed by atoms with E-state index in [2.05, 4.69) is 10.6 Å².